The molecule has 3 rings (SSSR count). The van der Waals surface area contributed by atoms with Crippen molar-refractivity contribution in [1.29, 1.82) is 0 Å². The zero-order valence-electron chi connectivity index (χ0n) is 18.7. The summed E-state index contributed by atoms with van der Waals surface area (Å²) in [5, 5.41) is 8.83. The van der Waals surface area contributed by atoms with Gasteiger partial charge in [0.05, 0.1) is 6.61 Å². The van der Waals surface area contributed by atoms with Crippen LogP contribution in [0, 0.1) is 23.6 Å². The zero-order valence-corrected chi connectivity index (χ0v) is 18.7. The van der Waals surface area contributed by atoms with Gasteiger partial charge in [0.1, 0.15) is 5.82 Å². The van der Waals surface area contributed by atoms with Gasteiger partial charge in [0, 0.05) is 38.2 Å². The van der Waals surface area contributed by atoms with Crippen LogP contribution >= 0.6 is 0 Å². The Labute approximate surface area is 186 Å². The van der Waals surface area contributed by atoms with Crippen LogP contribution in [0.25, 0.3) is 0 Å². The van der Waals surface area contributed by atoms with Gasteiger partial charge in [-0.1, -0.05) is 43.0 Å². The number of rotatable bonds is 9. The van der Waals surface area contributed by atoms with Crippen molar-refractivity contribution in [3.63, 3.8) is 0 Å². The van der Waals surface area contributed by atoms with Gasteiger partial charge in [-0.25, -0.2) is 4.39 Å². The molecule has 1 heterocycles. The number of aliphatic hydroxyl groups excluding tert-OH is 1. The zero-order chi connectivity index (χ0) is 21.9. The van der Waals surface area contributed by atoms with E-state index in [4.69, 9.17) is 5.11 Å². The minimum atomic E-state index is -0.141. The highest BCUT2D eigenvalue weighted by molar-refractivity contribution is 5.36. The van der Waals surface area contributed by atoms with Crippen molar-refractivity contribution in [2.75, 3.05) is 39.3 Å². The van der Waals surface area contributed by atoms with E-state index >= 15 is 0 Å². The Bertz CT molecular complexity index is 856. The lowest BCUT2D eigenvalue weighted by molar-refractivity contribution is 0.133. The molecule has 3 nitrogen and oxygen atoms in total. The summed E-state index contributed by atoms with van der Waals surface area (Å²) in [6, 6.07) is 15.5. The highest BCUT2D eigenvalue weighted by Crippen LogP contribution is 2.19. The molecular weight excluding hydrogens is 387 g/mol. The van der Waals surface area contributed by atoms with E-state index in [-0.39, 0.29) is 12.4 Å². The molecule has 1 aliphatic heterocycles. The Balaban J connectivity index is 1.47. The van der Waals surface area contributed by atoms with Gasteiger partial charge in [0.25, 0.3) is 0 Å². The molecule has 0 spiro atoms. The first-order valence-electron chi connectivity index (χ1n) is 11.5. The summed E-state index contributed by atoms with van der Waals surface area (Å²) in [5.74, 6) is 6.60. The van der Waals surface area contributed by atoms with Crippen molar-refractivity contribution < 1.29 is 9.50 Å². The van der Waals surface area contributed by atoms with Crippen LogP contribution in [-0.4, -0.2) is 54.2 Å². The summed E-state index contributed by atoms with van der Waals surface area (Å²) in [6.45, 7) is 8.75. The second kappa shape index (κ2) is 12.6. The third-order valence-electron chi connectivity index (χ3n) is 6.00. The molecule has 0 aromatic heterocycles. The number of hydrogen-bond donors (Lipinski definition) is 1. The average molecular weight is 423 g/mol. The lowest BCUT2D eigenvalue weighted by Crippen LogP contribution is -2.41. The first-order chi connectivity index (χ1) is 15.2. The van der Waals surface area contributed by atoms with Crippen LogP contribution in [0.4, 0.5) is 4.39 Å². The van der Waals surface area contributed by atoms with E-state index in [1.54, 1.807) is 12.1 Å². The van der Waals surface area contributed by atoms with E-state index in [2.05, 4.69) is 52.8 Å². The fourth-order valence-electron chi connectivity index (χ4n) is 4.33. The van der Waals surface area contributed by atoms with Gasteiger partial charge in [-0.3, -0.25) is 4.90 Å². The highest BCUT2D eigenvalue weighted by Gasteiger charge is 2.21. The molecule has 1 saturated heterocycles. The fraction of sp³-hybridized carbons (Fsp3) is 0.481. The molecule has 0 bridgehead atoms. The molecule has 0 unspecified atom stereocenters. The maximum Gasteiger partial charge on any atom is 0.123 e. The topological polar surface area (TPSA) is 26.7 Å². The van der Waals surface area contributed by atoms with E-state index in [0.717, 1.165) is 56.8 Å². The summed E-state index contributed by atoms with van der Waals surface area (Å²) in [7, 11) is 0. The van der Waals surface area contributed by atoms with Crippen LogP contribution in [0.5, 0.6) is 0 Å². The van der Waals surface area contributed by atoms with Crippen LogP contribution in [0.3, 0.4) is 0 Å². The summed E-state index contributed by atoms with van der Waals surface area (Å²) in [4.78, 5) is 5.08. The number of likely N-dealkylation sites (tertiary alicyclic amines) is 1. The predicted molar refractivity (Wildman–Crippen MR) is 125 cm³/mol. The normalized spacial score (nSPS) is 16.8. The number of piperidine rings is 1. The van der Waals surface area contributed by atoms with E-state index in [1.807, 2.05) is 6.07 Å². The monoisotopic (exact) mass is 422 g/mol. The van der Waals surface area contributed by atoms with Gasteiger partial charge >= 0.3 is 0 Å². The summed E-state index contributed by atoms with van der Waals surface area (Å²) >= 11 is 0. The Morgan fingerprint density at radius 2 is 2.00 bits per heavy atom. The van der Waals surface area contributed by atoms with Gasteiger partial charge in [-0.05, 0) is 73.7 Å². The summed E-state index contributed by atoms with van der Waals surface area (Å²) in [6.07, 6.45) is 3.96. The van der Waals surface area contributed by atoms with Gasteiger partial charge in [-0.2, -0.15) is 0 Å². The molecule has 1 fully saturated rings. The third-order valence-corrected chi connectivity index (χ3v) is 6.00. The maximum absolute atomic E-state index is 13.4. The Hall–Kier alpha value is -2.19. The molecule has 0 aliphatic carbocycles. The first kappa shape index (κ1) is 23.5. The van der Waals surface area contributed by atoms with Crippen molar-refractivity contribution in [1.82, 2.24) is 9.80 Å². The molecule has 0 saturated carbocycles. The summed E-state index contributed by atoms with van der Waals surface area (Å²) in [5.41, 5.74) is 3.40. The van der Waals surface area contributed by atoms with E-state index in [1.165, 1.54) is 24.5 Å². The molecular formula is C27H35FN2O. The lowest BCUT2D eigenvalue weighted by Gasteiger charge is -2.35. The second-order valence-electron chi connectivity index (χ2n) is 8.49. The van der Waals surface area contributed by atoms with Crippen molar-refractivity contribution in [2.24, 2.45) is 5.92 Å². The number of benzene rings is 2. The average Bonchev–Trinajstić information content (AvgIpc) is 2.79. The molecule has 1 N–H and O–H groups in total. The molecule has 166 valence electrons. The second-order valence-corrected chi connectivity index (χ2v) is 8.49. The quantitative estimate of drug-likeness (QED) is 0.609. The highest BCUT2D eigenvalue weighted by atomic mass is 19.1. The van der Waals surface area contributed by atoms with E-state index < -0.39 is 0 Å². The molecule has 0 radical (unpaired) electrons. The Morgan fingerprint density at radius 1 is 1.16 bits per heavy atom. The standard InChI is InChI=1S/C27H35FN2O/c1-2-29(20-25-13-11-23(12-14-25)7-3-4-18-31)21-26-9-6-16-30(22-26)17-15-24-8-5-10-27(28)19-24/h5,8,10-14,19,26,31H,2,4,6,9,15-18,20-22H2,1H3/t26-/m0/s1. The van der Waals surface area contributed by atoms with Crippen molar-refractivity contribution in [3.05, 3.63) is 71.0 Å². The molecule has 1 aliphatic rings. The predicted octanol–water partition coefficient (Wildman–Crippen LogP) is 4.34. The van der Waals surface area contributed by atoms with Crippen LogP contribution in [0.1, 0.15) is 42.9 Å². The maximum atomic E-state index is 13.4. The van der Waals surface area contributed by atoms with Gasteiger partial charge < -0.3 is 10.0 Å². The smallest absolute Gasteiger partial charge is 0.123 e. The number of halogens is 1. The van der Waals surface area contributed by atoms with Gasteiger partial charge in [-0.15, -0.1) is 0 Å². The Kier molecular flexibility index (Phi) is 9.55. The molecule has 4 heteroatoms. The van der Waals surface area contributed by atoms with Crippen molar-refractivity contribution in [2.45, 2.75) is 39.2 Å². The van der Waals surface area contributed by atoms with Crippen LogP contribution < -0.4 is 0 Å². The van der Waals surface area contributed by atoms with Crippen LogP contribution in [0.15, 0.2) is 48.5 Å². The van der Waals surface area contributed by atoms with Gasteiger partial charge in [0.15, 0.2) is 0 Å². The third kappa shape index (κ3) is 8.10. The minimum absolute atomic E-state index is 0.111. The molecule has 31 heavy (non-hydrogen) atoms. The van der Waals surface area contributed by atoms with Crippen molar-refractivity contribution in [3.8, 4) is 11.8 Å². The number of aliphatic hydroxyl groups is 1. The van der Waals surface area contributed by atoms with Crippen LogP contribution in [0.2, 0.25) is 0 Å². The SMILES string of the molecule is CCN(Cc1ccc(C#CCCO)cc1)C[C@@H]1CCCN(CCc2cccc(F)c2)C1. The minimum Gasteiger partial charge on any atom is -0.395 e. The molecule has 2 aromatic rings. The summed E-state index contributed by atoms with van der Waals surface area (Å²) < 4.78 is 13.4. The van der Waals surface area contributed by atoms with Crippen molar-refractivity contribution >= 4 is 0 Å². The molecule has 1 atom stereocenters. The Morgan fingerprint density at radius 3 is 2.74 bits per heavy atom. The molecule has 0 amide bonds. The number of nitrogens with zero attached hydrogens (tertiary/aromatic N) is 2. The fourth-order valence-corrected chi connectivity index (χ4v) is 4.33. The first-order valence-corrected chi connectivity index (χ1v) is 11.5. The number of hydrogen-bond acceptors (Lipinski definition) is 3. The van der Waals surface area contributed by atoms with E-state index in [9.17, 15) is 4.39 Å². The molecule has 2 aromatic carbocycles. The largest absolute Gasteiger partial charge is 0.395 e. The lowest BCUT2D eigenvalue weighted by atomic mass is 9.96. The van der Waals surface area contributed by atoms with Gasteiger partial charge in [0.2, 0.25) is 0 Å². The van der Waals surface area contributed by atoms with E-state index in [0.29, 0.717) is 12.3 Å². The van der Waals surface area contributed by atoms with Crippen LogP contribution in [-0.2, 0) is 13.0 Å².